The molecule has 2 atom stereocenters. The van der Waals surface area contributed by atoms with E-state index in [2.05, 4.69) is 15.6 Å². The van der Waals surface area contributed by atoms with Crippen molar-refractivity contribution in [2.24, 2.45) is 5.73 Å². The Kier molecular flexibility index (Phi) is 5.62. The van der Waals surface area contributed by atoms with E-state index < -0.39 is 17.8 Å². The van der Waals surface area contributed by atoms with Crippen LogP contribution in [0.4, 0.5) is 30.4 Å². The highest BCUT2D eigenvalue weighted by Crippen LogP contribution is 2.29. The number of carbonyl (C=O) groups excluding carboxylic acids is 1. The second kappa shape index (κ2) is 7.93. The van der Waals surface area contributed by atoms with E-state index in [1.807, 2.05) is 0 Å². The number of benzene rings is 1. The first kappa shape index (κ1) is 19.1. The molecule has 1 aromatic carbocycles. The minimum absolute atomic E-state index is 0.0800. The number of alkyl halides is 3. The molecule has 6 nitrogen and oxygen atoms in total. The highest BCUT2D eigenvalue weighted by Gasteiger charge is 2.31. The van der Waals surface area contributed by atoms with Gasteiger partial charge in [0.2, 0.25) is 0 Å². The van der Waals surface area contributed by atoms with Crippen molar-refractivity contribution in [3.05, 3.63) is 48.2 Å². The third-order valence-electron chi connectivity index (χ3n) is 4.18. The van der Waals surface area contributed by atoms with Gasteiger partial charge in [-0.3, -0.25) is 4.79 Å². The SMILES string of the molecule is NC[C@H]1CC[C@@H](C(=O)Nc2ccc(Nc3ccc(C(F)(F)F)cn3)cc2)O1. The molecule has 144 valence electrons. The molecule has 1 aliphatic heterocycles. The van der Waals surface area contributed by atoms with Crippen molar-refractivity contribution in [3.8, 4) is 0 Å². The van der Waals surface area contributed by atoms with Gasteiger partial charge in [-0.05, 0) is 49.2 Å². The lowest BCUT2D eigenvalue weighted by Crippen LogP contribution is -2.29. The normalized spacial score (nSPS) is 19.7. The van der Waals surface area contributed by atoms with E-state index in [1.54, 1.807) is 24.3 Å². The van der Waals surface area contributed by atoms with E-state index in [0.29, 0.717) is 24.3 Å². The Labute approximate surface area is 153 Å². The summed E-state index contributed by atoms with van der Waals surface area (Å²) in [7, 11) is 0. The van der Waals surface area contributed by atoms with Crippen molar-refractivity contribution in [1.29, 1.82) is 0 Å². The number of aromatic nitrogens is 1. The van der Waals surface area contributed by atoms with Gasteiger partial charge in [-0.25, -0.2) is 4.98 Å². The number of halogens is 3. The Morgan fingerprint density at radius 1 is 1.15 bits per heavy atom. The van der Waals surface area contributed by atoms with Crippen LogP contribution < -0.4 is 16.4 Å². The summed E-state index contributed by atoms with van der Waals surface area (Å²) in [6, 6.07) is 8.95. The maximum atomic E-state index is 12.5. The second-order valence-electron chi connectivity index (χ2n) is 6.18. The van der Waals surface area contributed by atoms with Crippen LogP contribution in [0.15, 0.2) is 42.6 Å². The van der Waals surface area contributed by atoms with Crippen LogP contribution in [0.5, 0.6) is 0 Å². The lowest BCUT2D eigenvalue weighted by Gasteiger charge is -2.13. The van der Waals surface area contributed by atoms with Crippen LogP contribution in [0.1, 0.15) is 18.4 Å². The molecule has 0 unspecified atom stereocenters. The zero-order valence-corrected chi connectivity index (χ0v) is 14.3. The average Bonchev–Trinajstić information content (AvgIpc) is 3.12. The first-order chi connectivity index (χ1) is 12.8. The van der Waals surface area contributed by atoms with Gasteiger partial charge in [0.25, 0.3) is 5.91 Å². The van der Waals surface area contributed by atoms with Gasteiger partial charge in [-0.15, -0.1) is 0 Å². The average molecular weight is 380 g/mol. The number of hydrogen-bond donors (Lipinski definition) is 3. The van der Waals surface area contributed by atoms with Crippen molar-refractivity contribution in [3.63, 3.8) is 0 Å². The molecule has 0 saturated carbocycles. The Morgan fingerprint density at radius 2 is 1.85 bits per heavy atom. The van der Waals surface area contributed by atoms with Crippen LogP contribution in [-0.4, -0.2) is 29.6 Å². The minimum Gasteiger partial charge on any atom is -0.364 e. The van der Waals surface area contributed by atoms with Crippen LogP contribution in [0.3, 0.4) is 0 Å². The Morgan fingerprint density at radius 3 is 2.41 bits per heavy atom. The summed E-state index contributed by atoms with van der Waals surface area (Å²) in [6.45, 7) is 0.391. The van der Waals surface area contributed by atoms with Gasteiger partial charge in [0, 0.05) is 24.1 Å². The molecule has 1 aromatic heterocycles. The summed E-state index contributed by atoms with van der Waals surface area (Å²) in [5.74, 6) is 0.0584. The van der Waals surface area contributed by atoms with Crippen LogP contribution in [-0.2, 0) is 15.7 Å². The molecule has 1 saturated heterocycles. The van der Waals surface area contributed by atoms with Gasteiger partial charge >= 0.3 is 6.18 Å². The largest absolute Gasteiger partial charge is 0.417 e. The van der Waals surface area contributed by atoms with Gasteiger partial charge < -0.3 is 21.1 Å². The van der Waals surface area contributed by atoms with Gasteiger partial charge in [-0.1, -0.05) is 0 Å². The number of carbonyl (C=O) groups is 1. The number of nitrogens with one attached hydrogen (secondary N) is 2. The standard InChI is InChI=1S/C18H19F3N4O2/c19-18(20,21)11-1-8-16(23-10-11)24-12-2-4-13(5-3-12)25-17(26)15-7-6-14(9-22)27-15/h1-5,8,10,14-15H,6-7,9,22H2,(H,23,24)(H,25,26)/t14-,15+/m1/s1. The molecule has 3 rings (SSSR count). The summed E-state index contributed by atoms with van der Waals surface area (Å²) < 4.78 is 43.2. The fraction of sp³-hybridized carbons (Fsp3) is 0.333. The van der Waals surface area contributed by atoms with E-state index in [-0.39, 0.29) is 17.8 Å². The van der Waals surface area contributed by atoms with E-state index in [0.717, 1.165) is 18.7 Å². The Bertz CT molecular complexity index is 779. The summed E-state index contributed by atoms with van der Waals surface area (Å²) in [5.41, 5.74) is 5.94. The first-order valence-electron chi connectivity index (χ1n) is 8.42. The summed E-state index contributed by atoms with van der Waals surface area (Å²) >= 11 is 0. The molecule has 1 fully saturated rings. The zero-order chi connectivity index (χ0) is 19.4. The smallest absolute Gasteiger partial charge is 0.364 e. The number of pyridine rings is 1. The summed E-state index contributed by atoms with van der Waals surface area (Å²) in [5, 5.41) is 5.67. The van der Waals surface area contributed by atoms with Crippen molar-refractivity contribution in [1.82, 2.24) is 4.98 Å². The number of nitrogens with zero attached hydrogens (tertiary/aromatic N) is 1. The molecule has 0 bridgehead atoms. The van der Waals surface area contributed by atoms with E-state index in [4.69, 9.17) is 10.5 Å². The molecular formula is C18H19F3N4O2. The molecule has 1 aliphatic rings. The van der Waals surface area contributed by atoms with Gasteiger partial charge in [0.05, 0.1) is 11.7 Å². The number of rotatable bonds is 5. The lowest BCUT2D eigenvalue weighted by molar-refractivity contribution is -0.137. The highest BCUT2D eigenvalue weighted by atomic mass is 19.4. The number of amides is 1. The minimum atomic E-state index is -4.42. The molecule has 0 aliphatic carbocycles. The summed E-state index contributed by atoms with van der Waals surface area (Å²) in [6.07, 6.45) is -2.84. The maximum Gasteiger partial charge on any atom is 0.417 e. The van der Waals surface area contributed by atoms with Crippen LogP contribution in [0.25, 0.3) is 0 Å². The highest BCUT2D eigenvalue weighted by molar-refractivity contribution is 5.94. The van der Waals surface area contributed by atoms with Crippen LogP contribution in [0.2, 0.25) is 0 Å². The monoisotopic (exact) mass is 380 g/mol. The van der Waals surface area contributed by atoms with Crippen molar-refractivity contribution >= 4 is 23.1 Å². The van der Waals surface area contributed by atoms with E-state index in [9.17, 15) is 18.0 Å². The predicted molar refractivity (Wildman–Crippen MR) is 94.5 cm³/mol. The topological polar surface area (TPSA) is 89.3 Å². The quantitative estimate of drug-likeness (QED) is 0.741. The molecule has 2 heterocycles. The van der Waals surface area contributed by atoms with Crippen molar-refractivity contribution < 1.29 is 22.7 Å². The van der Waals surface area contributed by atoms with Crippen molar-refractivity contribution in [2.75, 3.05) is 17.2 Å². The fourth-order valence-corrected chi connectivity index (χ4v) is 2.71. The molecule has 9 heteroatoms. The lowest BCUT2D eigenvalue weighted by atomic mass is 10.2. The van der Waals surface area contributed by atoms with Gasteiger partial charge in [0.15, 0.2) is 0 Å². The second-order valence-corrected chi connectivity index (χ2v) is 6.18. The third kappa shape index (κ3) is 4.95. The summed E-state index contributed by atoms with van der Waals surface area (Å²) in [4.78, 5) is 15.9. The number of nitrogens with two attached hydrogens (primary N) is 1. The maximum absolute atomic E-state index is 12.5. The van der Waals surface area contributed by atoms with Crippen molar-refractivity contribution in [2.45, 2.75) is 31.2 Å². The first-order valence-corrected chi connectivity index (χ1v) is 8.42. The number of hydrogen-bond acceptors (Lipinski definition) is 5. The van der Waals surface area contributed by atoms with Crippen LogP contribution in [0, 0.1) is 0 Å². The fourth-order valence-electron chi connectivity index (χ4n) is 2.71. The van der Waals surface area contributed by atoms with E-state index >= 15 is 0 Å². The van der Waals surface area contributed by atoms with E-state index in [1.165, 1.54) is 6.07 Å². The predicted octanol–water partition coefficient (Wildman–Crippen LogP) is 3.29. The number of anilines is 3. The molecular weight excluding hydrogens is 361 g/mol. The molecule has 27 heavy (non-hydrogen) atoms. The van der Waals surface area contributed by atoms with Gasteiger partial charge in [0.1, 0.15) is 11.9 Å². The zero-order valence-electron chi connectivity index (χ0n) is 14.3. The number of ether oxygens (including phenoxy) is 1. The molecule has 0 spiro atoms. The molecule has 4 N–H and O–H groups in total. The Balaban J connectivity index is 1.56. The Hall–Kier alpha value is -2.65. The third-order valence-corrected chi connectivity index (χ3v) is 4.18. The van der Waals surface area contributed by atoms with Crippen LogP contribution >= 0.6 is 0 Å². The van der Waals surface area contributed by atoms with Gasteiger partial charge in [-0.2, -0.15) is 13.2 Å². The molecule has 1 amide bonds. The molecule has 0 radical (unpaired) electrons. The molecule has 2 aromatic rings.